The monoisotopic (exact) mass is 173 g/mol. The normalized spacial score (nSPS) is 23.0. The number of hydrogen-bond acceptors (Lipinski definition) is 4. The van der Waals surface area contributed by atoms with E-state index in [2.05, 4.69) is 4.74 Å². The summed E-state index contributed by atoms with van der Waals surface area (Å²) < 4.78 is 4.65. The summed E-state index contributed by atoms with van der Waals surface area (Å²) in [5.74, 6) is -0.959. The van der Waals surface area contributed by atoms with Gasteiger partial charge in [-0.2, -0.15) is 0 Å². The smallest absolute Gasteiger partial charge is 0.331 e. The largest absolute Gasteiger partial charge is 0.464 e. The highest BCUT2D eigenvalue weighted by molar-refractivity contribution is 5.87. The molecule has 0 aliphatic carbocycles. The van der Waals surface area contributed by atoms with Crippen LogP contribution in [0.3, 0.4) is 0 Å². The van der Waals surface area contributed by atoms with E-state index in [0.29, 0.717) is 11.5 Å². The second kappa shape index (κ2) is 3.53. The lowest BCUT2D eigenvalue weighted by Gasteiger charge is -2.15. The number of hydrogen-bond donors (Lipinski definition) is 1. The highest BCUT2D eigenvalue weighted by Crippen LogP contribution is 2.16. The van der Waals surface area contributed by atoms with Gasteiger partial charge in [0, 0.05) is 6.42 Å². The Kier molecular flexibility index (Phi) is 2.65. The van der Waals surface area contributed by atoms with Gasteiger partial charge in [-0.05, 0) is 13.3 Å². The Labute approximate surface area is 69.9 Å². The molecule has 1 heterocycles. The zero-order chi connectivity index (χ0) is 9.14. The highest BCUT2D eigenvalue weighted by Gasteiger charge is 2.36. The first-order chi connectivity index (χ1) is 5.66. The van der Waals surface area contributed by atoms with Gasteiger partial charge in [-0.25, -0.2) is 9.86 Å². The molecule has 0 saturated carbocycles. The highest BCUT2D eigenvalue weighted by atomic mass is 16.6. The van der Waals surface area contributed by atoms with E-state index in [0.717, 1.165) is 0 Å². The second-order valence-corrected chi connectivity index (χ2v) is 2.54. The Balaban J connectivity index is 2.53. The lowest BCUT2D eigenvalue weighted by Crippen LogP contribution is -2.36. The number of carbonyl (C=O) groups is 2. The summed E-state index contributed by atoms with van der Waals surface area (Å²) in [6, 6.07) is -0.794. The molecule has 0 aromatic rings. The van der Waals surface area contributed by atoms with Crippen molar-refractivity contribution < 1.29 is 19.5 Å². The molecule has 1 saturated heterocycles. The zero-order valence-corrected chi connectivity index (χ0v) is 6.82. The van der Waals surface area contributed by atoms with Crippen molar-refractivity contribution in [3.05, 3.63) is 0 Å². The lowest BCUT2D eigenvalue weighted by molar-refractivity contribution is -0.179. The maximum absolute atomic E-state index is 11.0. The maximum atomic E-state index is 11.0. The van der Waals surface area contributed by atoms with Crippen molar-refractivity contribution in [3.63, 3.8) is 0 Å². The van der Waals surface area contributed by atoms with Crippen molar-refractivity contribution in [2.24, 2.45) is 0 Å². The van der Waals surface area contributed by atoms with Crippen LogP contribution in [0.15, 0.2) is 0 Å². The molecule has 1 aliphatic heterocycles. The van der Waals surface area contributed by atoms with Gasteiger partial charge in [-0.15, -0.1) is 0 Å². The molecule has 0 aromatic carbocycles. The van der Waals surface area contributed by atoms with E-state index in [4.69, 9.17) is 5.21 Å². The number of ether oxygens (including phenoxy) is 1. The summed E-state index contributed by atoms with van der Waals surface area (Å²) >= 11 is 0. The standard InChI is InChI=1S/C7H11NO4/c1-2-12-7(10)5-3-4-6(9)8(5)11/h5,11H,2-4H2,1H3. The Bertz CT molecular complexity index is 204. The Morgan fingerprint density at radius 1 is 1.83 bits per heavy atom. The van der Waals surface area contributed by atoms with E-state index in [-0.39, 0.29) is 13.0 Å². The molecule has 0 aromatic heterocycles. The first kappa shape index (κ1) is 8.99. The number of esters is 1. The molecule has 1 unspecified atom stereocenters. The van der Waals surface area contributed by atoms with Crippen LogP contribution in [0, 0.1) is 0 Å². The number of nitrogens with zero attached hydrogens (tertiary/aromatic N) is 1. The van der Waals surface area contributed by atoms with Gasteiger partial charge < -0.3 is 4.74 Å². The fourth-order valence-corrected chi connectivity index (χ4v) is 1.13. The topological polar surface area (TPSA) is 66.8 Å². The van der Waals surface area contributed by atoms with Crippen molar-refractivity contribution in [2.75, 3.05) is 6.61 Å². The van der Waals surface area contributed by atoms with Gasteiger partial charge in [0.1, 0.15) is 0 Å². The molecule has 1 amide bonds. The zero-order valence-electron chi connectivity index (χ0n) is 6.82. The van der Waals surface area contributed by atoms with Crippen LogP contribution < -0.4 is 0 Å². The van der Waals surface area contributed by atoms with Gasteiger partial charge in [-0.1, -0.05) is 0 Å². The van der Waals surface area contributed by atoms with Gasteiger partial charge >= 0.3 is 5.97 Å². The summed E-state index contributed by atoms with van der Waals surface area (Å²) in [6.45, 7) is 1.94. The molecule has 68 valence electrons. The van der Waals surface area contributed by atoms with E-state index >= 15 is 0 Å². The molecule has 1 fully saturated rings. The fraction of sp³-hybridized carbons (Fsp3) is 0.714. The minimum atomic E-state index is -0.794. The molecule has 5 nitrogen and oxygen atoms in total. The molecular formula is C7H11NO4. The third-order valence-corrected chi connectivity index (χ3v) is 1.74. The van der Waals surface area contributed by atoms with E-state index in [1.54, 1.807) is 6.92 Å². The quantitative estimate of drug-likeness (QED) is 0.469. The van der Waals surface area contributed by atoms with Crippen LogP contribution in [-0.2, 0) is 14.3 Å². The van der Waals surface area contributed by atoms with Gasteiger partial charge in [0.15, 0.2) is 6.04 Å². The van der Waals surface area contributed by atoms with Crippen LogP contribution in [0.5, 0.6) is 0 Å². The maximum Gasteiger partial charge on any atom is 0.331 e. The lowest BCUT2D eigenvalue weighted by atomic mass is 10.2. The minimum Gasteiger partial charge on any atom is -0.464 e. The SMILES string of the molecule is CCOC(=O)C1CCC(=O)N1O. The van der Waals surface area contributed by atoms with Crippen molar-refractivity contribution in [2.45, 2.75) is 25.8 Å². The third kappa shape index (κ3) is 1.55. The van der Waals surface area contributed by atoms with Crippen molar-refractivity contribution in [1.82, 2.24) is 5.06 Å². The first-order valence-corrected chi connectivity index (χ1v) is 3.84. The number of hydroxylamine groups is 2. The molecule has 1 aliphatic rings. The van der Waals surface area contributed by atoms with Gasteiger partial charge in [0.2, 0.25) is 5.91 Å². The van der Waals surface area contributed by atoms with Crippen molar-refractivity contribution in [1.29, 1.82) is 0 Å². The molecule has 1 N–H and O–H groups in total. The predicted molar refractivity (Wildman–Crippen MR) is 38.3 cm³/mol. The van der Waals surface area contributed by atoms with Crippen LogP contribution in [0.1, 0.15) is 19.8 Å². The van der Waals surface area contributed by atoms with Crippen molar-refractivity contribution >= 4 is 11.9 Å². The average Bonchev–Trinajstić information content (AvgIpc) is 2.34. The first-order valence-electron chi connectivity index (χ1n) is 3.84. The van der Waals surface area contributed by atoms with Crippen LogP contribution >= 0.6 is 0 Å². The summed E-state index contributed by atoms with van der Waals surface area (Å²) in [4.78, 5) is 21.8. The molecule has 1 atom stereocenters. The Morgan fingerprint density at radius 2 is 2.50 bits per heavy atom. The molecule has 1 rings (SSSR count). The summed E-state index contributed by atoms with van der Waals surface area (Å²) in [5, 5.41) is 9.49. The van der Waals surface area contributed by atoms with Crippen LogP contribution in [-0.4, -0.2) is 34.8 Å². The van der Waals surface area contributed by atoms with Gasteiger partial charge in [0.05, 0.1) is 6.61 Å². The van der Waals surface area contributed by atoms with Crippen LogP contribution in [0.4, 0.5) is 0 Å². The minimum absolute atomic E-state index is 0.208. The molecule has 12 heavy (non-hydrogen) atoms. The van der Waals surface area contributed by atoms with Gasteiger partial charge in [0.25, 0.3) is 0 Å². The van der Waals surface area contributed by atoms with Gasteiger partial charge in [-0.3, -0.25) is 10.0 Å². The fourth-order valence-electron chi connectivity index (χ4n) is 1.13. The Morgan fingerprint density at radius 3 is 2.92 bits per heavy atom. The van der Waals surface area contributed by atoms with Crippen molar-refractivity contribution in [3.8, 4) is 0 Å². The molecule has 0 spiro atoms. The summed E-state index contributed by atoms with van der Waals surface area (Å²) in [6.07, 6.45) is 0.550. The van der Waals surface area contributed by atoms with Crippen LogP contribution in [0.25, 0.3) is 0 Å². The average molecular weight is 173 g/mol. The number of carbonyl (C=O) groups excluding carboxylic acids is 2. The second-order valence-electron chi connectivity index (χ2n) is 2.54. The summed E-state index contributed by atoms with van der Waals surface area (Å²) in [5.41, 5.74) is 0. The molecular weight excluding hydrogens is 162 g/mol. The third-order valence-electron chi connectivity index (χ3n) is 1.74. The Hall–Kier alpha value is -1.10. The van der Waals surface area contributed by atoms with E-state index in [9.17, 15) is 9.59 Å². The number of amides is 1. The summed E-state index contributed by atoms with van der Waals surface area (Å²) in [7, 11) is 0. The van der Waals surface area contributed by atoms with E-state index in [1.807, 2.05) is 0 Å². The number of rotatable bonds is 2. The molecule has 5 heteroatoms. The molecule has 0 radical (unpaired) electrons. The van der Waals surface area contributed by atoms with E-state index < -0.39 is 17.9 Å². The van der Waals surface area contributed by atoms with E-state index in [1.165, 1.54) is 0 Å². The van der Waals surface area contributed by atoms with Crippen LogP contribution in [0.2, 0.25) is 0 Å². The predicted octanol–water partition coefficient (Wildman–Crippen LogP) is -0.0703. The molecule has 0 bridgehead atoms.